The van der Waals surface area contributed by atoms with Crippen LogP contribution in [0.15, 0.2) is 90.3 Å². The SMILES string of the molecule is CN1C(=O)[C@](C2=C(Nc3ccc(Cl)cc3)CC(C)(C)CC2=O)(c2c[nH]c3ccccc23)c2ccccc21. The second-order valence-corrected chi connectivity index (χ2v) is 11.2. The third-order valence-corrected chi connectivity index (χ3v) is 7.93. The number of benzene rings is 3. The van der Waals surface area contributed by atoms with Crippen LogP contribution in [0.5, 0.6) is 0 Å². The Kier molecular flexibility index (Phi) is 5.32. The summed E-state index contributed by atoms with van der Waals surface area (Å²) in [6.45, 7) is 4.19. The lowest BCUT2D eigenvalue weighted by Crippen LogP contribution is -2.47. The summed E-state index contributed by atoms with van der Waals surface area (Å²) in [4.78, 5) is 33.9. The highest BCUT2D eigenvalue weighted by Gasteiger charge is 2.58. The van der Waals surface area contributed by atoms with E-state index in [0.29, 0.717) is 23.4 Å². The number of H-pyrrole nitrogens is 1. The average Bonchev–Trinajstić information content (AvgIpc) is 3.39. The number of halogens is 1. The van der Waals surface area contributed by atoms with Crippen LogP contribution in [0.1, 0.15) is 37.8 Å². The molecule has 2 aliphatic rings. The van der Waals surface area contributed by atoms with E-state index < -0.39 is 5.41 Å². The number of aromatic nitrogens is 1. The number of Topliss-reactive ketones (excluding diaryl/α,β-unsaturated/α-hetero) is 1. The molecular formula is C31H28ClN3O2. The number of anilines is 2. The first-order valence-electron chi connectivity index (χ1n) is 12.5. The number of amides is 1. The second kappa shape index (κ2) is 8.35. The number of aromatic amines is 1. The summed E-state index contributed by atoms with van der Waals surface area (Å²) in [6.07, 6.45) is 2.88. The highest BCUT2D eigenvalue weighted by atomic mass is 35.5. The fourth-order valence-electron chi connectivity index (χ4n) is 6.15. The van der Waals surface area contributed by atoms with Crippen LogP contribution >= 0.6 is 11.6 Å². The van der Waals surface area contributed by atoms with Gasteiger partial charge < -0.3 is 15.2 Å². The molecule has 186 valence electrons. The summed E-state index contributed by atoms with van der Waals surface area (Å²) < 4.78 is 0. The van der Waals surface area contributed by atoms with Gasteiger partial charge in [0.25, 0.3) is 0 Å². The summed E-state index contributed by atoms with van der Waals surface area (Å²) >= 11 is 6.14. The number of carbonyl (C=O) groups excluding carboxylic acids is 2. The maximum absolute atomic E-state index is 14.6. The zero-order chi connectivity index (χ0) is 25.9. The van der Waals surface area contributed by atoms with E-state index in [1.165, 1.54) is 0 Å². The fraction of sp³-hybridized carbons (Fsp3) is 0.226. The van der Waals surface area contributed by atoms with Crippen molar-refractivity contribution in [2.45, 2.75) is 32.1 Å². The van der Waals surface area contributed by atoms with Gasteiger partial charge in [0.15, 0.2) is 5.78 Å². The minimum absolute atomic E-state index is 0.0172. The molecule has 5 nitrogen and oxygen atoms in total. The maximum atomic E-state index is 14.6. The van der Waals surface area contributed by atoms with Crippen molar-refractivity contribution in [3.63, 3.8) is 0 Å². The first-order valence-corrected chi connectivity index (χ1v) is 12.8. The molecule has 1 atom stereocenters. The topological polar surface area (TPSA) is 65.2 Å². The van der Waals surface area contributed by atoms with Gasteiger partial charge in [-0.2, -0.15) is 0 Å². The van der Waals surface area contributed by atoms with Crippen LogP contribution in [0.25, 0.3) is 10.9 Å². The van der Waals surface area contributed by atoms with Crippen molar-refractivity contribution in [2.24, 2.45) is 5.41 Å². The summed E-state index contributed by atoms with van der Waals surface area (Å²) in [7, 11) is 1.79. The van der Waals surface area contributed by atoms with Crippen molar-refractivity contribution in [3.05, 3.63) is 106 Å². The molecule has 1 amide bonds. The molecule has 37 heavy (non-hydrogen) atoms. The van der Waals surface area contributed by atoms with Crippen LogP contribution in [0.4, 0.5) is 11.4 Å². The van der Waals surface area contributed by atoms with Gasteiger partial charge in [0, 0.05) is 69.4 Å². The first-order chi connectivity index (χ1) is 17.7. The zero-order valence-corrected chi connectivity index (χ0v) is 21.8. The minimum atomic E-state index is -1.28. The summed E-state index contributed by atoms with van der Waals surface area (Å²) in [5, 5.41) is 5.10. The molecule has 0 saturated heterocycles. The van der Waals surface area contributed by atoms with Crippen molar-refractivity contribution in [3.8, 4) is 0 Å². The molecule has 3 aromatic carbocycles. The number of hydrogen-bond acceptors (Lipinski definition) is 3. The monoisotopic (exact) mass is 509 g/mol. The number of para-hydroxylation sites is 2. The van der Waals surface area contributed by atoms with Gasteiger partial charge in [-0.15, -0.1) is 0 Å². The van der Waals surface area contributed by atoms with Crippen molar-refractivity contribution in [1.82, 2.24) is 4.98 Å². The quantitative estimate of drug-likeness (QED) is 0.316. The first kappa shape index (κ1) is 23.6. The summed E-state index contributed by atoms with van der Waals surface area (Å²) in [5.74, 6) is -0.145. The van der Waals surface area contributed by atoms with E-state index in [-0.39, 0.29) is 17.1 Å². The lowest BCUT2D eigenvalue weighted by atomic mass is 9.62. The van der Waals surface area contributed by atoms with E-state index in [9.17, 15) is 9.59 Å². The number of hydrogen-bond donors (Lipinski definition) is 2. The van der Waals surface area contributed by atoms with Gasteiger partial charge >= 0.3 is 0 Å². The van der Waals surface area contributed by atoms with Gasteiger partial charge in [-0.1, -0.05) is 61.8 Å². The van der Waals surface area contributed by atoms with E-state index in [4.69, 9.17) is 11.6 Å². The van der Waals surface area contributed by atoms with Gasteiger partial charge in [-0.3, -0.25) is 9.59 Å². The molecule has 1 aliphatic carbocycles. The highest BCUT2D eigenvalue weighted by molar-refractivity contribution is 6.30. The number of carbonyl (C=O) groups is 2. The number of rotatable bonds is 4. The molecule has 2 N–H and O–H groups in total. The molecule has 0 bridgehead atoms. The molecule has 0 fully saturated rings. The van der Waals surface area contributed by atoms with Crippen LogP contribution in [-0.4, -0.2) is 23.7 Å². The summed E-state index contributed by atoms with van der Waals surface area (Å²) in [6, 6.07) is 23.2. The van der Waals surface area contributed by atoms with Crippen molar-refractivity contribution in [2.75, 3.05) is 17.3 Å². The van der Waals surface area contributed by atoms with Gasteiger partial charge in [0.05, 0.1) is 0 Å². The number of likely N-dealkylation sites (N-methyl/N-ethyl adjacent to an activating group) is 1. The Morgan fingerprint density at radius 2 is 1.59 bits per heavy atom. The number of nitrogens with zero attached hydrogens (tertiary/aromatic N) is 1. The Bertz CT molecular complexity index is 1600. The average molecular weight is 510 g/mol. The van der Waals surface area contributed by atoms with Crippen molar-refractivity contribution >= 4 is 45.6 Å². The van der Waals surface area contributed by atoms with Gasteiger partial charge in [-0.25, -0.2) is 0 Å². The predicted octanol–water partition coefficient (Wildman–Crippen LogP) is 6.84. The number of ketones is 1. The third-order valence-electron chi connectivity index (χ3n) is 7.68. The second-order valence-electron chi connectivity index (χ2n) is 10.8. The van der Waals surface area contributed by atoms with E-state index in [1.807, 2.05) is 79.0 Å². The van der Waals surface area contributed by atoms with Crippen LogP contribution in [-0.2, 0) is 15.0 Å². The lowest BCUT2D eigenvalue weighted by molar-refractivity contribution is -0.124. The van der Waals surface area contributed by atoms with Crippen LogP contribution in [0.3, 0.4) is 0 Å². The smallest absolute Gasteiger partial charge is 0.246 e. The molecule has 4 aromatic rings. The van der Waals surface area contributed by atoms with Gasteiger partial charge in [0.2, 0.25) is 5.91 Å². The number of allylic oxidation sites excluding steroid dienone is 1. The molecule has 0 spiro atoms. The van der Waals surface area contributed by atoms with Crippen LogP contribution < -0.4 is 10.2 Å². The molecule has 1 aromatic heterocycles. The van der Waals surface area contributed by atoms with E-state index in [1.54, 1.807) is 11.9 Å². The van der Waals surface area contributed by atoms with Crippen molar-refractivity contribution < 1.29 is 9.59 Å². The highest BCUT2D eigenvalue weighted by Crippen LogP contribution is 2.55. The zero-order valence-electron chi connectivity index (χ0n) is 21.1. The molecule has 1 aliphatic heterocycles. The predicted molar refractivity (Wildman–Crippen MR) is 149 cm³/mol. The Morgan fingerprint density at radius 1 is 0.892 bits per heavy atom. The Labute approximate surface area is 221 Å². The van der Waals surface area contributed by atoms with E-state index in [2.05, 4.69) is 24.1 Å². The molecular weight excluding hydrogens is 482 g/mol. The largest absolute Gasteiger partial charge is 0.361 e. The Morgan fingerprint density at radius 3 is 2.38 bits per heavy atom. The number of fused-ring (bicyclic) bond motifs is 2. The molecule has 6 rings (SSSR count). The van der Waals surface area contributed by atoms with Crippen molar-refractivity contribution in [1.29, 1.82) is 0 Å². The van der Waals surface area contributed by atoms with E-state index >= 15 is 0 Å². The van der Waals surface area contributed by atoms with Crippen LogP contribution in [0.2, 0.25) is 5.02 Å². The maximum Gasteiger partial charge on any atom is 0.246 e. The van der Waals surface area contributed by atoms with E-state index in [0.717, 1.165) is 39.1 Å². The third kappa shape index (κ3) is 3.52. The Balaban J connectivity index is 1.71. The lowest BCUT2D eigenvalue weighted by Gasteiger charge is -2.39. The molecule has 0 radical (unpaired) electrons. The standard InChI is InChI=1S/C31H28ClN3O2/c1-30(2)16-25(34-20-14-12-19(32)13-15-20)28(27(36)17-30)31(23-18-33-24-10-6-4-8-21(23)24)22-9-5-7-11-26(22)35(3)29(31)37/h4-15,18,33-34H,16-17H2,1-3H3/t31-/m0/s1. The number of nitrogens with one attached hydrogen (secondary N) is 2. The van der Waals surface area contributed by atoms with Gasteiger partial charge in [0.1, 0.15) is 5.41 Å². The van der Waals surface area contributed by atoms with Crippen LogP contribution in [0, 0.1) is 5.41 Å². The molecule has 0 saturated carbocycles. The molecule has 2 heterocycles. The summed E-state index contributed by atoms with van der Waals surface area (Å²) in [5.41, 5.74) is 3.93. The normalized spacial score (nSPS) is 21.0. The molecule has 0 unspecified atom stereocenters. The Hall–Kier alpha value is -3.83. The minimum Gasteiger partial charge on any atom is -0.361 e. The fourth-order valence-corrected chi connectivity index (χ4v) is 6.27. The van der Waals surface area contributed by atoms with Gasteiger partial charge in [-0.05, 0) is 48.2 Å². The molecule has 6 heteroatoms.